The topological polar surface area (TPSA) is 50.4 Å². The molecule has 0 bridgehead atoms. The molecule has 0 saturated carbocycles. The standard InChI is InChI=1S/C20H22F4N2O2/c1-3-4-13(2)25-19(27)18(14-5-7-15(21)8-6-14)26-16-9-11-17(12-10-16)28-20(22,23)24/h5-13,18,26H,3-4H2,1-2H3,(H,25,27). The van der Waals surface area contributed by atoms with Crippen LogP contribution >= 0.6 is 0 Å². The van der Waals surface area contributed by atoms with E-state index < -0.39 is 18.2 Å². The van der Waals surface area contributed by atoms with E-state index in [1.54, 1.807) is 0 Å². The van der Waals surface area contributed by atoms with E-state index in [9.17, 15) is 22.4 Å². The van der Waals surface area contributed by atoms with Gasteiger partial charge in [-0.2, -0.15) is 0 Å². The number of rotatable bonds is 8. The van der Waals surface area contributed by atoms with Crippen molar-refractivity contribution in [3.05, 3.63) is 59.9 Å². The maximum atomic E-state index is 13.2. The summed E-state index contributed by atoms with van der Waals surface area (Å²) >= 11 is 0. The minimum Gasteiger partial charge on any atom is -0.406 e. The maximum absolute atomic E-state index is 13.2. The van der Waals surface area contributed by atoms with Crippen LogP contribution in [-0.2, 0) is 4.79 Å². The average molecular weight is 398 g/mol. The first-order chi connectivity index (χ1) is 13.2. The van der Waals surface area contributed by atoms with Gasteiger partial charge < -0.3 is 15.4 Å². The van der Waals surface area contributed by atoms with Crippen molar-refractivity contribution in [2.45, 2.75) is 45.1 Å². The van der Waals surface area contributed by atoms with Crippen LogP contribution in [0, 0.1) is 5.82 Å². The molecule has 0 aliphatic carbocycles. The number of benzene rings is 2. The van der Waals surface area contributed by atoms with Crippen molar-refractivity contribution in [3.63, 3.8) is 0 Å². The first-order valence-corrected chi connectivity index (χ1v) is 8.86. The number of carbonyl (C=O) groups excluding carboxylic acids is 1. The number of nitrogens with one attached hydrogen (secondary N) is 2. The first kappa shape index (κ1) is 21.5. The van der Waals surface area contributed by atoms with Crippen LogP contribution in [0.15, 0.2) is 48.5 Å². The molecule has 2 rings (SSSR count). The predicted octanol–water partition coefficient (Wildman–Crippen LogP) is 5.18. The minimum atomic E-state index is -4.78. The Morgan fingerprint density at radius 2 is 1.68 bits per heavy atom. The molecular formula is C20H22F4N2O2. The van der Waals surface area contributed by atoms with Crippen molar-refractivity contribution >= 4 is 11.6 Å². The molecule has 152 valence electrons. The minimum absolute atomic E-state index is 0.0511. The van der Waals surface area contributed by atoms with Crippen LogP contribution in [0.2, 0.25) is 0 Å². The molecular weight excluding hydrogens is 376 g/mol. The average Bonchev–Trinajstić information content (AvgIpc) is 2.61. The molecule has 28 heavy (non-hydrogen) atoms. The molecule has 0 spiro atoms. The van der Waals surface area contributed by atoms with E-state index >= 15 is 0 Å². The summed E-state index contributed by atoms with van der Waals surface area (Å²) in [6, 6.07) is 9.61. The van der Waals surface area contributed by atoms with Crippen molar-refractivity contribution in [1.29, 1.82) is 0 Å². The predicted molar refractivity (Wildman–Crippen MR) is 98.4 cm³/mol. The number of halogens is 4. The Bertz CT molecular complexity index is 761. The number of hydrogen-bond acceptors (Lipinski definition) is 3. The number of amides is 1. The molecule has 4 nitrogen and oxygen atoms in total. The monoisotopic (exact) mass is 398 g/mol. The summed E-state index contributed by atoms with van der Waals surface area (Å²) in [5.41, 5.74) is 0.945. The number of hydrogen-bond donors (Lipinski definition) is 2. The highest BCUT2D eigenvalue weighted by molar-refractivity contribution is 5.86. The molecule has 1 amide bonds. The highest BCUT2D eigenvalue weighted by atomic mass is 19.4. The summed E-state index contributed by atoms with van der Waals surface area (Å²) < 4.78 is 53.9. The van der Waals surface area contributed by atoms with Crippen molar-refractivity contribution < 1.29 is 27.1 Å². The summed E-state index contributed by atoms with van der Waals surface area (Å²) in [5, 5.41) is 5.87. The molecule has 2 aromatic rings. The van der Waals surface area contributed by atoms with Gasteiger partial charge in [-0.15, -0.1) is 13.2 Å². The number of anilines is 1. The zero-order valence-corrected chi connectivity index (χ0v) is 15.5. The van der Waals surface area contributed by atoms with E-state index in [1.165, 1.54) is 36.4 Å². The third-order valence-electron chi connectivity index (χ3n) is 3.97. The number of alkyl halides is 3. The summed E-state index contributed by atoms with van der Waals surface area (Å²) in [4.78, 5) is 12.7. The van der Waals surface area contributed by atoms with Gasteiger partial charge in [0.25, 0.3) is 0 Å². The van der Waals surface area contributed by atoms with E-state index in [0.717, 1.165) is 25.0 Å². The van der Waals surface area contributed by atoms with Gasteiger partial charge in [-0.3, -0.25) is 4.79 Å². The van der Waals surface area contributed by atoms with Gasteiger partial charge in [0.2, 0.25) is 5.91 Å². The summed E-state index contributed by atoms with van der Waals surface area (Å²) in [6.07, 6.45) is -3.08. The third-order valence-corrected chi connectivity index (χ3v) is 3.97. The van der Waals surface area contributed by atoms with Crippen molar-refractivity contribution in [3.8, 4) is 5.75 Å². The second kappa shape index (κ2) is 9.43. The van der Waals surface area contributed by atoms with Crippen LogP contribution in [-0.4, -0.2) is 18.3 Å². The second-order valence-corrected chi connectivity index (χ2v) is 6.40. The molecule has 2 aromatic carbocycles. The summed E-state index contributed by atoms with van der Waals surface area (Å²) in [6.45, 7) is 3.88. The Labute approximate surface area is 160 Å². The Hall–Kier alpha value is -2.77. The number of carbonyl (C=O) groups is 1. The van der Waals surface area contributed by atoms with Gasteiger partial charge in [0.05, 0.1) is 0 Å². The summed E-state index contributed by atoms with van der Waals surface area (Å²) in [5.74, 6) is -1.11. The lowest BCUT2D eigenvalue weighted by Crippen LogP contribution is -2.38. The highest BCUT2D eigenvalue weighted by Gasteiger charge is 2.31. The molecule has 0 aliphatic rings. The fourth-order valence-corrected chi connectivity index (χ4v) is 2.71. The highest BCUT2D eigenvalue weighted by Crippen LogP contribution is 2.26. The zero-order chi connectivity index (χ0) is 20.7. The van der Waals surface area contributed by atoms with Crippen LogP contribution in [0.5, 0.6) is 5.75 Å². The Morgan fingerprint density at radius 1 is 1.07 bits per heavy atom. The normalized spacial score (nSPS) is 13.5. The fraction of sp³-hybridized carbons (Fsp3) is 0.350. The van der Waals surface area contributed by atoms with E-state index in [0.29, 0.717) is 11.3 Å². The van der Waals surface area contributed by atoms with Crippen LogP contribution in [0.4, 0.5) is 23.2 Å². The smallest absolute Gasteiger partial charge is 0.406 e. The van der Waals surface area contributed by atoms with Crippen molar-refractivity contribution in [2.24, 2.45) is 0 Å². The van der Waals surface area contributed by atoms with Crippen LogP contribution in [0.1, 0.15) is 38.3 Å². The molecule has 2 unspecified atom stereocenters. The molecule has 0 saturated heterocycles. The van der Waals surface area contributed by atoms with Gasteiger partial charge in [0.15, 0.2) is 0 Å². The first-order valence-electron chi connectivity index (χ1n) is 8.86. The van der Waals surface area contributed by atoms with Crippen LogP contribution in [0.25, 0.3) is 0 Å². The van der Waals surface area contributed by atoms with E-state index in [1.807, 2.05) is 13.8 Å². The SMILES string of the molecule is CCCC(C)NC(=O)C(Nc1ccc(OC(F)(F)F)cc1)c1ccc(F)cc1. The molecule has 0 fully saturated rings. The van der Waals surface area contributed by atoms with Gasteiger partial charge in [0, 0.05) is 11.7 Å². The summed E-state index contributed by atoms with van der Waals surface area (Å²) in [7, 11) is 0. The Morgan fingerprint density at radius 3 is 2.21 bits per heavy atom. The molecule has 2 N–H and O–H groups in total. The van der Waals surface area contributed by atoms with Gasteiger partial charge in [-0.05, 0) is 55.3 Å². The van der Waals surface area contributed by atoms with E-state index in [-0.39, 0.29) is 17.7 Å². The zero-order valence-electron chi connectivity index (χ0n) is 15.5. The maximum Gasteiger partial charge on any atom is 0.573 e. The fourth-order valence-electron chi connectivity index (χ4n) is 2.71. The Kier molecular flexibility index (Phi) is 7.25. The molecule has 2 atom stereocenters. The van der Waals surface area contributed by atoms with Crippen molar-refractivity contribution in [1.82, 2.24) is 5.32 Å². The van der Waals surface area contributed by atoms with Crippen molar-refractivity contribution in [2.75, 3.05) is 5.32 Å². The lowest BCUT2D eigenvalue weighted by molar-refractivity contribution is -0.274. The lowest BCUT2D eigenvalue weighted by atomic mass is 10.0. The van der Waals surface area contributed by atoms with Crippen LogP contribution < -0.4 is 15.4 Å². The van der Waals surface area contributed by atoms with Gasteiger partial charge >= 0.3 is 6.36 Å². The number of ether oxygens (including phenoxy) is 1. The lowest BCUT2D eigenvalue weighted by Gasteiger charge is -2.22. The van der Waals surface area contributed by atoms with Crippen LogP contribution in [0.3, 0.4) is 0 Å². The van der Waals surface area contributed by atoms with E-state index in [2.05, 4.69) is 15.4 Å². The van der Waals surface area contributed by atoms with Gasteiger partial charge in [-0.1, -0.05) is 25.5 Å². The molecule has 0 aliphatic heterocycles. The quantitative estimate of drug-likeness (QED) is 0.603. The third kappa shape index (κ3) is 6.75. The molecule has 0 radical (unpaired) electrons. The van der Waals surface area contributed by atoms with Gasteiger partial charge in [-0.25, -0.2) is 4.39 Å². The molecule has 0 heterocycles. The molecule has 0 aromatic heterocycles. The van der Waals surface area contributed by atoms with E-state index in [4.69, 9.17) is 0 Å². The van der Waals surface area contributed by atoms with Gasteiger partial charge in [0.1, 0.15) is 17.6 Å². The second-order valence-electron chi connectivity index (χ2n) is 6.40. The Balaban J connectivity index is 2.19. The molecule has 8 heteroatoms. The largest absolute Gasteiger partial charge is 0.573 e.